The Morgan fingerprint density at radius 1 is 1.47 bits per heavy atom. The zero-order valence-electron chi connectivity index (χ0n) is 9.61. The van der Waals surface area contributed by atoms with E-state index in [0.717, 1.165) is 23.0 Å². The van der Waals surface area contributed by atoms with Crippen LogP contribution in [0.5, 0.6) is 0 Å². The molecule has 1 aromatic carbocycles. The first-order valence-corrected chi connectivity index (χ1v) is 6.06. The maximum Gasteiger partial charge on any atom is 0.270 e. The molecule has 1 aromatic rings. The van der Waals surface area contributed by atoms with Gasteiger partial charge in [0.2, 0.25) is 0 Å². The quantitative estimate of drug-likeness (QED) is 0.477. The van der Waals surface area contributed by atoms with Gasteiger partial charge in [-0.3, -0.25) is 10.1 Å². The molecule has 0 aliphatic carbocycles. The lowest BCUT2D eigenvalue weighted by atomic mass is 10.2. The Labute approximate surface area is 108 Å². The average Bonchev–Trinajstić information content (AvgIpc) is 2.28. The van der Waals surface area contributed by atoms with Gasteiger partial charge in [-0.1, -0.05) is 15.9 Å². The molecule has 0 radical (unpaired) electrons. The molecule has 0 fully saturated rings. The monoisotopic (exact) mass is 302 g/mol. The third-order valence-electron chi connectivity index (χ3n) is 2.18. The van der Waals surface area contributed by atoms with E-state index in [1.165, 1.54) is 6.07 Å². The zero-order chi connectivity index (χ0) is 12.7. The van der Waals surface area contributed by atoms with Crippen LogP contribution in [0.4, 0.5) is 5.69 Å². The van der Waals surface area contributed by atoms with E-state index >= 15 is 0 Å². The lowest BCUT2D eigenvalue weighted by Crippen LogP contribution is -2.16. The maximum absolute atomic E-state index is 10.7. The van der Waals surface area contributed by atoms with Crippen molar-refractivity contribution in [2.45, 2.75) is 13.0 Å². The fourth-order valence-corrected chi connectivity index (χ4v) is 1.94. The van der Waals surface area contributed by atoms with Crippen LogP contribution < -0.4 is 5.32 Å². The lowest BCUT2D eigenvalue weighted by molar-refractivity contribution is -0.385. The highest BCUT2D eigenvalue weighted by Gasteiger charge is 2.08. The molecule has 0 bridgehead atoms. The summed E-state index contributed by atoms with van der Waals surface area (Å²) in [5.41, 5.74) is 0.997. The Kier molecular flexibility index (Phi) is 6.10. The van der Waals surface area contributed by atoms with E-state index in [2.05, 4.69) is 21.2 Å². The standard InChI is InChI=1S/C11H15BrN2O3/c1-17-4-2-3-13-8-9-5-10(12)7-11(6-9)14(15)16/h5-7,13H,2-4,8H2,1H3. The number of benzene rings is 1. The molecule has 0 aromatic heterocycles. The summed E-state index contributed by atoms with van der Waals surface area (Å²) in [7, 11) is 1.66. The van der Waals surface area contributed by atoms with Crippen LogP contribution in [0.1, 0.15) is 12.0 Å². The molecule has 0 amide bonds. The van der Waals surface area contributed by atoms with Crippen LogP contribution in [-0.4, -0.2) is 25.2 Å². The van der Waals surface area contributed by atoms with Crippen molar-refractivity contribution in [1.29, 1.82) is 0 Å². The molecule has 0 unspecified atom stereocenters. The minimum atomic E-state index is -0.390. The summed E-state index contributed by atoms with van der Waals surface area (Å²) >= 11 is 3.26. The molecule has 17 heavy (non-hydrogen) atoms. The fourth-order valence-electron chi connectivity index (χ4n) is 1.42. The number of ether oxygens (including phenoxy) is 1. The summed E-state index contributed by atoms with van der Waals surface area (Å²) in [6.07, 6.45) is 0.923. The first-order valence-electron chi connectivity index (χ1n) is 5.27. The maximum atomic E-state index is 10.7. The van der Waals surface area contributed by atoms with Crippen LogP contribution in [0.2, 0.25) is 0 Å². The number of hydrogen-bond donors (Lipinski definition) is 1. The first kappa shape index (κ1) is 14.1. The summed E-state index contributed by atoms with van der Waals surface area (Å²) < 4.78 is 5.65. The van der Waals surface area contributed by atoms with Crippen LogP contribution in [0.15, 0.2) is 22.7 Å². The number of halogens is 1. The average molecular weight is 303 g/mol. The third kappa shape index (κ3) is 5.25. The molecular formula is C11H15BrN2O3. The zero-order valence-corrected chi connectivity index (χ0v) is 11.2. The van der Waals surface area contributed by atoms with Gasteiger partial charge in [-0.25, -0.2) is 0 Å². The number of nitrogens with zero attached hydrogens (tertiary/aromatic N) is 1. The van der Waals surface area contributed by atoms with E-state index in [9.17, 15) is 10.1 Å². The molecule has 1 rings (SSSR count). The third-order valence-corrected chi connectivity index (χ3v) is 2.64. The van der Waals surface area contributed by atoms with Crippen molar-refractivity contribution in [2.75, 3.05) is 20.3 Å². The Balaban J connectivity index is 2.50. The first-order chi connectivity index (χ1) is 8.13. The van der Waals surface area contributed by atoms with Gasteiger partial charge in [0.05, 0.1) is 4.92 Å². The summed E-state index contributed by atoms with van der Waals surface area (Å²) in [5.74, 6) is 0. The van der Waals surface area contributed by atoms with Crippen molar-refractivity contribution in [3.05, 3.63) is 38.3 Å². The van der Waals surface area contributed by atoms with Crippen molar-refractivity contribution < 1.29 is 9.66 Å². The molecule has 0 aliphatic heterocycles. The predicted octanol–water partition coefficient (Wildman–Crippen LogP) is 2.48. The second-order valence-electron chi connectivity index (χ2n) is 3.60. The summed E-state index contributed by atoms with van der Waals surface area (Å²) in [5, 5.41) is 13.9. The van der Waals surface area contributed by atoms with Crippen LogP contribution >= 0.6 is 15.9 Å². The molecular weight excluding hydrogens is 288 g/mol. The van der Waals surface area contributed by atoms with E-state index < -0.39 is 0 Å². The topological polar surface area (TPSA) is 64.4 Å². The van der Waals surface area contributed by atoms with Gasteiger partial charge in [-0.05, 0) is 24.6 Å². The molecule has 0 saturated heterocycles. The van der Waals surface area contributed by atoms with Crippen LogP contribution in [0.25, 0.3) is 0 Å². The normalized spacial score (nSPS) is 10.5. The van der Waals surface area contributed by atoms with Gasteiger partial charge in [0.25, 0.3) is 5.69 Å². The number of hydrogen-bond acceptors (Lipinski definition) is 4. The lowest BCUT2D eigenvalue weighted by Gasteiger charge is -2.05. The van der Waals surface area contributed by atoms with Crippen molar-refractivity contribution in [3.8, 4) is 0 Å². The predicted molar refractivity (Wildman–Crippen MR) is 69.0 cm³/mol. The van der Waals surface area contributed by atoms with Crippen molar-refractivity contribution >= 4 is 21.6 Å². The van der Waals surface area contributed by atoms with E-state index in [4.69, 9.17) is 4.74 Å². The van der Waals surface area contributed by atoms with Gasteiger partial charge in [-0.15, -0.1) is 0 Å². The van der Waals surface area contributed by atoms with Crippen molar-refractivity contribution in [2.24, 2.45) is 0 Å². The van der Waals surface area contributed by atoms with Gasteiger partial charge in [0, 0.05) is 36.9 Å². The molecule has 0 saturated carbocycles. The number of methoxy groups -OCH3 is 1. The molecule has 1 N–H and O–H groups in total. The highest BCUT2D eigenvalue weighted by Crippen LogP contribution is 2.21. The fraction of sp³-hybridized carbons (Fsp3) is 0.455. The highest BCUT2D eigenvalue weighted by molar-refractivity contribution is 9.10. The largest absolute Gasteiger partial charge is 0.385 e. The van der Waals surface area contributed by atoms with Crippen LogP contribution in [0.3, 0.4) is 0 Å². The number of rotatable bonds is 7. The summed E-state index contributed by atoms with van der Waals surface area (Å²) in [6, 6.07) is 4.94. The summed E-state index contributed by atoms with van der Waals surface area (Å²) in [6.45, 7) is 2.16. The molecule has 94 valence electrons. The SMILES string of the molecule is COCCCNCc1cc(Br)cc([N+](=O)[O-])c1. The minimum Gasteiger partial charge on any atom is -0.385 e. The van der Waals surface area contributed by atoms with Crippen LogP contribution in [0, 0.1) is 10.1 Å². The van der Waals surface area contributed by atoms with E-state index in [-0.39, 0.29) is 10.6 Å². The molecule has 0 atom stereocenters. The molecule has 6 heteroatoms. The van der Waals surface area contributed by atoms with Gasteiger partial charge >= 0.3 is 0 Å². The number of nitro benzene ring substituents is 1. The number of non-ortho nitro benzene ring substituents is 1. The Hall–Kier alpha value is -0.980. The second kappa shape index (κ2) is 7.37. The van der Waals surface area contributed by atoms with Gasteiger partial charge in [-0.2, -0.15) is 0 Å². The van der Waals surface area contributed by atoms with Crippen molar-refractivity contribution in [3.63, 3.8) is 0 Å². The van der Waals surface area contributed by atoms with Crippen molar-refractivity contribution in [1.82, 2.24) is 5.32 Å². The van der Waals surface area contributed by atoms with Gasteiger partial charge < -0.3 is 10.1 Å². The number of nitro groups is 1. The molecule has 0 heterocycles. The Morgan fingerprint density at radius 2 is 2.24 bits per heavy atom. The number of nitrogens with one attached hydrogen (secondary N) is 1. The molecule has 5 nitrogen and oxygen atoms in total. The molecule has 0 aliphatic rings. The smallest absolute Gasteiger partial charge is 0.270 e. The van der Waals surface area contributed by atoms with Gasteiger partial charge in [0.1, 0.15) is 0 Å². The second-order valence-corrected chi connectivity index (χ2v) is 4.51. The molecule has 0 spiro atoms. The van der Waals surface area contributed by atoms with Gasteiger partial charge in [0.15, 0.2) is 0 Å². The summed E-state index contributed by atoms with van der Waals surface area (Å²) in [4.78, 5) is 10.3. The Morgan fingerprint density at radius 3 is 2.88 bits per heavy atom. The highest BCUT2D eigenvalue weighted by atomic mass is 79.9. The van der Waals surface area contributed by atoms with Crippen LogP contribution in [-0.2, 0) is 11.3 Å². The minimum absolute atomic E-state index is 0.105. The Bertz CT molecular complexity index is 385. The van der Waals surface area contributed by atoms with E-state index in [1.54, 1.807) is 13.2 Å². The van der Waals surface area contributed by atoms with E-state index in [1.807, 2.05) is 6.07 Å². The van der Waals surface area contributed by atoms with E-state index in [0.29, 0.717) is 13.2 Å².